The van der Waals surface area contributed by atoms with E-state index in [4.69, 9.17) is 0 Å². The van der Waals surface area contributed by atoms with E-state index < -0.39 is 0 Å². The zero-order valence-corrected chi connectivity index (χ0v) is 13.5. The third-order valence-corrected chi connectivity index (χ3v) is 3.93. The number of hydrogen-bond acceptors (Lipinski definition) is 3. The number of carbonyl (C=O) groups excluding carboxylic acids is 1. The van der Waals surface area contributed by atoms with Crippen LogP contribution in [0.25, 0.3) is 0 Å². The fourth-order valence-electron chi connectivity index (χ4n) is 2.65. The Kier molecular flexibility index (Phi) is 5.04. The summed E-state index contributed by atoms with van der Waals surface area (Å²) in [5.74, 6) is 1.22. The largest absolute Gasteiger partial charge is 0.380 e. The Bertz CT molecular complexity index is 516. The smallest absolute Gasteiger partial charge is 0.223 e. The zero-order valence-electron chi connectivity index (χ0n) is 13.5. The number of carbonyl (C=O) groups is 1. The molecule has 0 saturated carbocycles. The Morgan fingerprint density at radius 1 is 1.43 bits per heavy atom. The third-order valence-electron chi connectivity index (χ3n) is 3.93. The van der Waals surface area contributed by atoms with Crippen molar-refractivity contribution in [3.8, 4) is 0 Å². The molecule has 1 aromatic heterocycles. The lowest BCUT2D eigenvalue weighted by Gasteiger charge is -2.30. The monoisotopic (exact) mass is 290 g/mol. The van der Waals surface area contributed by atoms with Crippen molar-refractivity contribution < 1.29 is 4.79 Å². The highest BCUT2D eigenvalue weighted by Gasteiger charge is 2.19. The maximum atomic E-state index is 12.4. The third kappa shape index (κ3) is 3.86. The average molecular weight is 290 g/mol. The van der Waals surface area contributed by atoms with E-state index in [9.17, 15) is 4.79 Å². The van der Waals surface area contributed by atoms with Gasteiger partial charge in [-0.3, -0.25) is 4.79 Å². The molecule has 0 unspecified atom stereocenters. The van der Waals surface area contributed by atoms with Crippen LogP contribution in [0.3, 0.4) is 0 Å². The normalized spacial score (nSPS) is 15.3. The number of aryl methyl sites for hydroxylation is 1. The summed E-state index contributed by atoms with van der Waals surface area (Å²) in [4.78, 5) is 20.8. The molecular formula is C16H26N4O. The van der Waals surface area contributed by atoms with Crippen LogP contribution in [0.15, 0.2) is 24.2 Å². The molecule has 116 valence electrons. The van der Waals surface area contributed by atoms with Crippen LogP contribution in [0.4, 0.5) is 0 Å². The van der Waals surface area contributed by atoms with Gasteiger partial charge in [0.05, 0.1) is 6.54 Å². The molecule has 0 radical (unpaired) electrons. The Labute approximate surface area is 127 Å². The maximum absolute atomic E-state index is 12.4. The van der Waals surface area contributed by atoms with Crippen LogP contribution in [0.1, 0.15) is 38.6 Å². The van der Waals surface area contributed by atoms with E-state index in [0.717, 1.165) is 25.3 Å². The molecule has 1 aromatic rings. The van der Waals surface area contributed by atoms with Crippen LogP contribution in [-0.2, 0) is 11.2 Å². The maximum Gasteiger partial charge on any atom is 0.223 e. The quantitative estimate of drug-likeness (QED) is 0.833. The van der Waals surface area contributed by atoms with Crippen molar-refractivity contribution in [2.75, 3.05) is 27.2 Å². The van der Waals surface area contributed by atoms with E-state index in [0.29, 0.717) is 18.9 Å². The fraction of sp³-hybridized carbons (Fsp3) is 0.625. The van der Waals surface area contributed by atoms with Gasteiger partial charge in [0.1, 0.15) is 5.82 Å². The van der Waals surface area contributed by atoms with E-state index in [1.807, 2.05) is 31.4 Å². The molecular weight excluding hydrogens is 264 g/mol. The Balaban J connectivity index is 1.90. The second kappa shape index (κ2) is 6.78. The summed E-state index contributed by atoms with van der Waals surface area (Å²) >= 11 is 0. The number of aromatic nitrogens is 2. The highest BCUT2D eigenvalue weighted by atomic mass is 16.2. The van der Waals surface area contributed by atoms with Crippen molar-refractivity contribution >= 4 is 5.91 Å². The minimum absolute atomic E-state index is 0.223. The molecule has 2 heterocycles. The topological polar surface area (TPSA) is 41.4 Å². The molecule has 0 aromatic carbocycles. The minimum Gasteiger partial charge on any atom is -0.380 e. The molecule has 1 amide bonds. The molecule has 5 heteroatoms. The number of amides is 1. The van der Waals surface area contributed by atoms with Gasteiger partial charge in [-0.05, 0) is 20.3 Å². The second-order valence-corrected chi connectivity index (χ2v) is 6.04. The first-order valence-electron chi connectivity index (χ1n) is 7.65. The molecule has 5 nitrogen and oxygen atoms in total. The van der Waals surface area contributed by atoms with Crippen LogP contribution in [0, 0.1) is 0 Å². The van der Waals surface area contributed by atoms with Crippen LogP contribution in [0.2, 0.25) is 0 Å². The fourth-order valence-corrected chi connectivity index (χ4v) is 2.65. The molecule has 0 bridgehead atoms. The Morgan fingerprint density at radius 3 is 2.86 bits per heavy atom. The summed E-state index contributed by atoms with van der Waals surface area (Å²) in [5, 5.41) is 0. The summed E-state index contributed by atoms with van der Waals surface area (Å²) < 4.78 is 2.13. The number of likely N-dealkylation sites (N-methyl/N-ethyl adjacent to an activating group) is 1. The second-order valence-electron chi connectivity index (χ2n) is 6.04. The molecule has 2 rings (SSSR count). The van der Waals surface area contributed by atoms with Gasteiger partial charge in [0.15, 0.2) is 0 Å². The van der Waals surface area contributed by atoms with Gasteiger partial charge >= 0.3 is 0 Å². The molecule has 0 spiro atoms. The van der Waals surface area contributed by atoms with Crippen molar-refractivity contribution in [1.82, 2.24) is 19.4 Å². The molecule has 0 N–H and O–H groups in total. The first kappa shape index (κ1) is 15.6. The van der Waals surface area contributed by atoms with Gasteiger partial charge < -0.3 is 14.4 Å². The van der Waals surface area contributed by atoms with E-state index >= 15 is 0 Å². The Hall–Kier alpha value is -1.78. The molecule has 0 saturated heterocycles. The van der Waals surface area contributed by atoms with Gasteiger partial charge in [-0.15, -0.1) is 0 Å². The SMILES string of the molecule is CC(C)n1ccnc1CCC(=O)N1CCC=C(N(C)C)C1. The van der Waals surface area contributed by atoms with Crippen LogP contribution in [-0.4, -0.2) is 52.4 Å². The first-order valence-corrected chi connectivity index (χ1v) is 7.65. The van der Waals surface area contributed by atoms with Crippen LogP contribution < -0.4 is 0 Å². The molecule has 0 atom stereocenters. The van der Waals surface area contributed by atoms with Crippen LogP contribution in [0.5, 0.6) is 0 Å². The van der Waals surface area contributed by atoms with Gasteiger partial charge in [0, 0.05) is 57.6 Å². The van der Waals surface area contributed by atoms with E-state index in [2.05, 4.69) is 34.4 Å². The molecule has 1 aliphatic heterocycles. The van der Waals surface area contributed by atoms with Gasteiger partial charge in [-0.1, -0.05) is 6.08 Å². The number of rotatable bonds is 5. The lowest BCUT2D eigenvalue weighted by Crippen LogP contribution is -2.38. The van der Waals surface area contributed by atoms with Crippen LogP contribution >= 0.6 is 0 Å². The van der Waals surface area contributed by atoms with E-state index in [1.165, 1.54) is 5.70 Å². The highest BCUT2D eigenvalue weighted by Crippen LogP contribution is 2.14. The first-order chi connectivity index (χ1) is 9.99. The standard InChI is InChI=1S/C16H26N4O/c1-13(2)20-11-9-17-15(20)7-8-16(21)19-10-5-6-14(12-19)18(3)4/h6,9,11,13H,5,7-8,10,12H2,1-4H3. The lowest BCUT2D eigenvalue weighted by molar-refractivity contribution is -0.131. The summed E-state index contributed by atoms with van der Waals surface area (Å²) in [7, 11) is 4.05. The highest BCUT2D eigenvalue weighted by molar-refractivity contribution is 5.76. The molecule has 0 fully saturated rings. The zero-order chi connectivity index (χ0) is 15.4. The average Bonchev–Trinajstić information content (AvgIpc) is 2.93. The Morgan fingerprint density at radius 2 is 2.19 bits per heavy atom. The summed E-state index contributed by atoms with van der Waals surface area (Å²) in [5.41, 5.74) is 1.22. The van der Waals surface area contributed by atoms with Gasteiger partial charge in [-0.25, -0.2) is 4.98 Å². The van der Waals surface area contributed by atoms with Crippen molar-refractivity contribution in [1.29, 1.82) is 0 Å². The molecule has 0 aliphatic carbocycles. The summed E-state index contributed by atoms with van der Waals surface area (Å²) in [6.45, 7) is 5.82. The summed E-state index contributed by atoms with van der Waals surface area (Å²) in [6.07, 6.45) is 8.20. The van der Waals surface area contributed by atoms with Crippen molar-refractivity contribution in [3.05, 3.63) is 30.0 Å². The van der Waals surface area contributed by atoms with E-state index in [1.54, 1.807) is 0 Å². The van der Waals surface area contributed by atoms with Crippen molar-refractivity contribution in [2.45, 2.75) is 39.2 Å². The van der Waals surface area contributed by atoms with Gasteiger partial charge in [-0.2, -0.15) is 0 Å². The van der Waals surface area contributed by atoms with Gasteiger partial charge in [0.2, 0.25) is 5.91 Å². The predicted molar refractivity (Wildman–Crippen MR) is 83.9 cm³/mol. The number of nitrogens with zero attached hydrogens (tertiary/aromatic N) is 4. The summed E-state index contributed by atoms with van der Waals surface area (Å²) in [6, 6.07) is 0.385. The predicted octanol–water partition coefficient (Wildman–Crippen LogP) is 2.07. The minimum atomic E-state index is 0.223. The van der Waals surface area contributed by atoms with Crippen molar-refractivity contribution in [2.24, 2.45) is 0 Å². The molecule has 21 heavy (non-hydrogen) atoms. The lowest BCUT2D eigenvalue weighted by atomic mass is 10.1. The van der Waals surface area contributed by atoms with E-state index in [-0.39, 0.29) is 5.91 Å². The molecule has 1 aliphatic rings. The van der Waals surface area contributed by atoms with Gasteiger partial charge in [0.25, 0.3) is 0 Å². The number of hydrogen-bond donors (Lipinski definition) is 0. The van der Waals surface area contributed by atoms with Crippen molar-refractivity contribution in [3.63, 3.8) is 0 Å². The number of imidazole rings is 1.